The summed E-state index contributed by atoms with van der Waals surface area (Å²) < 4.78 is 47.0. The summed E-state index contributed by atoms with van der Waals surface area (Å²) in [5.74, 6) is 1.07. The standard InChI is InChI=1S/C18H20F3N5O2S2/c1-28-5-2-6-29-16-14(22)13-11(18(19,20)21)7-12(26-15(13)30-16)10-8-24-17(25-9-10)23-3-4-27/h7-9,27H,2-6,22H2,1H3,(H,23,24,25)/p+1. The van der Waals surface area contributed by atoms with E-state index >= 15 is 0 Å². The molecule has 5 N–H and O–H groups in total. The first-order valence-corrected chi connectivity index (χ1v) is 10.8. The molecule has 3 heterocycles. The molecule has 0 spiro atoms. The van der Waals surface area contributed by atoms with Crippen LogP contribution in [0.15, 0.2) is 22.7 Å². The van der Waals surface area contributed by atoms with Crippen molar-refractivity contribution in [1.82, 2.24) is 9.97 Å². The molecule has 0 aliphatic heterocycles. The van der Waals surface area contributed by atoms with Gasteiger partial charge in [0.1, 0.15) is 11.0 Å². The van der Waals surface area contributed by atoms with Crippen LogP contribution in [0.1, 0.15) is 12.0 Å². The molecule has 0 atom stereocenters. The molecule has 0 aliphatic rings. The van der Waals surface area contributed by atoms with Gasteiger partial charge in [-0.2, -0.15) is 13.2 Å². The number of thioether (sulfide) groups is 1. The van der Waals surface area contributed by atoms with Crippen LogP contribution < -0.4 is 16.0 Å². The van der Waals surface area contributed by atoms with E-state index in [1.54, 1.807) is 7.11 Å². The van der Waals surface area contributed by atoms with Crippen molar-refractivity contribution in [3.63, 3.8) is 0 Å². The molecule has 0 amide bonds. The molecule has 12 heteroatoms. The molecule has 3 aromatic heterocycles. The summed E-state index contributed by atoms with van der Waals surface area (Å²) in [6.45, 7) is 0.793. The summed E-state index contributed by atoms with van der Waals surface area (Å²) in [5, 5.41) is 11.6. The van der Waals surface area contributed by atoms with Gasteiger partial charge in [-0.3, -0.25) is 5.32 Å². The van der Waals surface area contributed by atoms with E-state index in [4.69, 9.17) is 15.6 Å². The lowest BCUT2D eigenvalue weighted by Gasteiger charge is -2.11. The van der Waals surface area contributed by atoms with Gasteiger partial charge in [0.15, 0.2) is 0 Å². The molecule has 3 aromatic rings. The predicted octanol–water partition coefficient (Wildman–Crippen LogP) is 3.31. The highest BCUT2D eigenvalue weighted by Crippen LogP contribution is 2.46. The lowest BCUT2D eigenvalue weighted by molar-refractivity contribution is -0.364. The Balaban J connectivity index is 2.00. The van der Waals surface area contributed by atoms with E-state index in [1.165, 1.54) is 24.2 Å². The van der Waals surface area contributed by atoms with Gasteiger partial charge < -0.3 is 15.6 Å². The van der Waals surface area contributed by atoms with Crippen LogP contribution >= 0.6 is 23.1 Å². The zero-order valence-corrected chi connectivity index (χ0v) is 17.7. The first kappa shape index (κ1) is 22.5. The van der Waals surface area contributed by atoms with Crippen molar-refractivity contribution in [2.45, 2.75) is 16.8 Å². The quantitative estimate of drug-likeness (QED) is 0.332. The van der Waals surface area contributed by atoms with Crippen LogP contribution in [0.2, 0.25) is 0 Å². The molecule has 7 nitrogen and oxygen atoms in total. The number of pyridine rings is 1. The Morgan fingerprint density at radius 1 is 1.40 bits per heavy atom. The highest BCUT2D eigenvalue weighted by molar-refractivity contribution is 8.01. The number of aliphatic hydroxyl groups excluding tert-OH is 1. The van der Waals surface area contributed by atoms with Crippen LogP contribution in [0.5, 0.6) is 0 Å². The van der Waals surface area contributed by atoms with Gasteiger partial charge in [-0.25, -0.2) is 9.97 Å². The van der Waals surface area contributed by atoms with Crippen LogP contribution in [0, 0.1) is 0 Å². The van der Waals surface area contributed by atoms with Crippen LogP contribution in [-0.2, 0) is 10.9 Å². The van der Waals surface area contributed by atoms with E-state index in [0.29, 0.717) is 34.6 Å². The third-order valence-electron chi connectivity index (χ3n) is 4.09. The summed E-state index contributed by atoms with van der Waals surface area (Å²) in [5.41, 5.74) is 5.91. The third-order valence-corrected chi connectivity index (χ3v) is 6.57. The Morgan fingerprint density at radius 3 is 2.83 bits per heavy atom. The van der Waals surface area contributed by atoms with Gasteiger partial charge in [0.2, 0.25) is 0 Å². The van der Waals surface area contributed by atoms with Crippen molar-refractivity contribution < 1.29 is 28.0 Å². The van der Waals surface area contributed by atoms with Gasteiger partial charge in [-0.1, -0.05) is 4.98 Å². The molecule has 0 bridgehead atoms. The number of nitrogen functional groups attached to an aromatic ring is 1. The van der Waals surface area contributed by atoms with Crippen molar-refractivity contribution in [3.8, 4) is 11.3 Å². The number of hydrogen-bond donors (Lipinski definition) is 3. The summed E-state index contributed by atoms with van der Waals surface area (Å²) in [4.78, 5) is 11.6. The topological polar surface area (TPSA) is 107 Å². The molecule has 30 heavy (non-hydrogen) atoms. The zero-order chi connectivity index (χ0) is 21.7. The van der Waals surface area contributed by atoms with Crippen LogP contribution in [0.25, 0.3) is 21.5 Å². The number of anilines is 2. The number of rotatable bonds is 9. The minimum atomic E-state index is -4.58. The van der Waals surface area contributed by atoms with E-state index in [-0.39, 0.29) is 28.2 Å². The number of aliphatic hydroxyl groups is 1. The van der Waals surface area contributed by atoms with Crippen molar-refractivity contribution >= 4 is 45.0 Å². The maximum Gasteiger partial charge on any atom is 0.417 e. The second kappa shape index (κ2) is 9.77. The number of H-pyrrole nitrogens is 1. The number of aromatic amines is 1. The maximum absolute atomic E-state index is 13.8. The Labute approximate surface area is 178 Å². The Morgan fingerprint density at radius 2 is 2.20 bits per heavy atom. The van der Waals surface area contributed by atoms with E-state index in [9.17, 15) is 13.2 Å². The molecule has 0 unspecified atom stereocenters. The molecular weight excluding hydrogens is 439 g/mol. The minimum Gasteiger partial charge on any atom is -0.397 e. The average molecular weight is 461 g/mol. The predicted molar refractivity (Wildman–Crippen MR) is 112 cm³/mol. The Bertz CT molecular complexity index is 996. The molecular formula is C18H21F3N5O2S2+. The molecule has 0 aromatic carbocycles. The second-order valence-corrected chi connectivity index (χ2v) is 8.59. The highest BCUT2D eigenvalue weighted by Gasteiger charge is 2.36. The zero-order valence-electron chi connectivity index (χ0n) is 16.0. The number of methoxy groups -OCH3 is 1. The van der Waals surface area contributed by atoms with Crippen molar-refractivity contribution in [1.29, 1.82) is 0 Å². The number of nitrogens with two attached hydrogens (primary N) is 1. The van der Waals surface area contributed by atoms with Crippen molar-refractivity contribution in [2.75, 3.05) is 43.7 Å². The number of fused-ring (bicyclic) bond motifs is 1. The number of aromatic nitrogens is 3. The number of ether oxygens (including phenoxy) is 1. The largest absolute Gasteiger partial charge is 0.417 e. The monoisotopic (exact) mass is 460 g/mol. The summed E-state index contributed by atoms with van der Waals surface area (Å²) in [6.07, 6.45) is -0.888. The molecule has 0 aliphatic carbocycles. The van der Waals surface area contributed by atoms with Gasteiger partial charge in [-0.15, -0.1) is 23.1 Å². The normalized spacial score (nSPS) is 11.9. The minimum absolute atomic E-state index is 0.0661. The summed E-state index contributed by atoms with van der Waals surface area (Å²) in [6, 6.07) is 0.996. The van der Waals surface area contributed by atoms with Crippen LogP contribution in [-0.4, -0.2) is 47.7 Å². The van der Waals surface area contributed by atoms with Crippen LogP contribution in [0.3, 0.4) is 0 Å². The fourth-order valence-corrected chi connectivity index (χ4v) is 4.99. The lowest BCUT2D eigenvalue weighted by Crippen LogP contribution is -2.17. The smallest absolute Gasteiger partial charge is 0.397 e. The number of alkyl halides is 3. The van der Waals surface area contributed by atoms with Gasteiger partial charge in [0, 0.05) is 24.9 Å². The average Bonchev–Trinajstić information content (AvgIpc) is 3.04. The fraction of sp³-hybridized carbons (Fsp3) is 0.389. The van der Waals surface area contributed by atoms with E-state index < -0.39 is 11.7 Å². The summed E-state index contributed by atoms with van der Waals surface area (Å²) >= 11 is 2.55. The van der Waals surface area contributed by atoms with E-state index in [0.717, 1.165) is 23.8 Å². The molecule has 0 saturated carbocycles. The maximum atomic E-state index is 13.8. The molecule has 3 rings (SSSR count). The fourth-order valence-electron chi connectivity index (χ4n) is 2.71. The second-order valence-electron chi connectivity index (χ2n) is 6.23. The molecule has 0 radical (unpaired) electrons. The van der Waals surface area contributed by atoms with Gasteiger partial charge >= 0.3 is 12.1 Å². The Kier molecular flexibility index (Phi) is 7.34. The van der Waals surface area contributed by atoms with Gasteiger partial charge in [0.05, 0.1) is 46.1 Å². The van der Waals surface area contributed by atoms with E-state index in [1.807, 2.05) is 0 Å². The van der Waals surface area contributed by atoms with E-state index in [2.05, 4.69) is 20.3 Å². The van der Waals surface area contributed by atoms with Gasteiger partial charge in [-0.05, 0) is 12.5 Å². The molecule has 0 saturated heterocycles. The number of thiophene rings is 1. The third kappa shape index (κ3) is 5.12. The Hall–Kier alpha value is -2.15. The first-order chi connectivity index (χ1) is 14.3. The van der Waals surface area contributed by atoms with Crippen molar-refractivity contribution in [2.24, 2.45) is 0 Å². The SMILES string of the molecule is COCCCSc1sc2nc(-c3cnc(NCCO)[nH+]c3)cc(C(F)(F)F)c2c1N. The van der Waals surface area contributed by atoms with Crippen LogP contribution in [0.4, 0.5) is 24.8 Å². The number of nitrogens with one attached hydrogen (secondary N) is 2. The number of hydrogen-bond acceptors (Lipinski definition) is 8. The van der Waals surface area contributed by atoms with Gasteiger partial charge in [0.25, 0.3) is 0 Å². The molecule has 0 fully saturated rings. The number of halogens is 3. The summed E-state index contributed by atoms with van der Waals surface area (Å²) in [7, 11) is 1.60. The lowest BCUT2D eigenvalue weighted by atomic mass is 10.1. The van der Waals surface area contributed by atoms with Crippen molar-refractivity contribution in [3.05, 3.63) is 24.0 Å². The first-order valence-electron chi connectivity index (χ1n) is 9.00. The highest BCUT2D eigenvalue weighted by atomic mass is 32.2. The number of nitrogens with zero attached hydrogens (tertiary/aromatic N) is 2. The molecule has 162 valence electrons.